The van der Waals surface area contributed by atoms with Crippen molar-refractivity contribution in [3.8, 4) is 5.75 Å². The smallest absolute Gasteiger partial charge is 0.165 e. The lowest BCUT2D eigenvalue weighted by atomic mass is 10.1. The van der Waals surface area contributed by atoms with E-state index >= 15 is 0 Å². The summed E-state index contributed by atoms with van der Waals surface area (Å²) in [6.45, 7) is 2.32. The summed E-state index contributed by atoms with van der Waals surface area (Å²) in [5.74, 6) is -0.145. The van der Waals surface area contributed by atoms with E-state index in [1.54, 1.807) is 24.3 Å². The number of carbonyl (C=O) groups is 1. The third-order valence-electron chi connectivity index (χ3n) is 2.82. The summed E-state index contributed by atoms with van der Waals surface area (Å²) in [7, 11) is 0. The van der Waals surface area contributed by atoms with Gasteiger partial charge in [0.25, 0.3) is 0 Å². The van der Waals surface area contributed by atoms with Gasteiger partial charge in [-0.1, -0.05) is 24.3 Å². The van der Waals surface area contributed by atoms with Gasteiger partial charge in [0.15, 0.2) is 17.3 Å². The van der Waals surface area contributed by atoms with Crippen molar-refractivity contribution in [2.45, 2.75) is 6.92 Å². The number of halogens is 1. The molecule has 0 aliphatic carbocycles. The Morgan fingerprint density at radius 3 is 2.60 bits per heavy atom. The van der Waals surface area contributed by atoms with Gasteiger partial charge in [-0.05, 0) is 31.2 Å². The normalized spacial score (nSPS) is 10.1. The molecule has 104 valence electrons. The highest BCUT2D eigenvalue weighted by Gasteiger charge is 2.05. The summed E-state index contributed by atoms with van der Waals surface area (Å²) in [5.41, 5.74) is 1.40. The molecule has 0 saturated heterocycles. The highest BCUT2D eigenvalue weighted by atomic mass is 19.1. The molecule has 0 aliphatic rings. The molecular formula is C16H16FNO2. The standard InChI is InChI=1S/C16H16FNO2/c1-12(19)13-6-2-4-8-15(13)18-10-11-20-16-9-5-3-7-14(16)17/h2-9,18H,10-11H2,1H3. The predicted octanol–water partition coefficient (Wildman–Crippen LogP) is 3.52. The van der Waals surface area contributed by atoms with Crippen molar-refractivity contribution >= 4 is 11.5 Å². The molecule has 2 aromatic rings. The minimum Gasteiger partial charge on any atom is -0.489 e. The zero-order chi connectivity index (χ0) is 14.4. The first-order chi connectivity index (χ1) is 9.68. The summed E-state index contributed by atoms with van der Waals surface area (Å²) in [5, 5.41) is 3.12. The van der Waals surface area contributed by atoms with Gasteiger partial charge in [0, 0.05) is 17.8 Å². The second-order valence-electron chi connectivity index (χ2n) is 4.31. The third kappa shape index (κ3) is 3.57. The molecule has 0 fully saturated rings. The van der Waals surface area contributed by atoms with Gasteiger partial charge in [0.05, 0.1) is 0 Å². The Balaban J connectivity index is 1.88. The van der Waals surface area contributed by atoms with Gasteiger partial charge >= 0.3 is 0 Å². The van der Waals surface area contributed by atoms with E-state index in [1.165, 1.54) is 13.0 Å². The molecule has 3 nitrogen and oxygen atoms in total. The van der Waals surface area contributed by atoms with Crippen LogP contribution in [-0.4, -0.2) is 18.9 Å². The molecule has 1 N–H and O–H groups in total. The lowest BCUT2D eigenvalue weighted by Gasteiger charge is -2.11. The number of ether oxygens (including phenoxy) is 1. The van der Waals surface area contributed by atoms with Crippen LogP contribution < -0.4 is 10.1 Å². The number of anilines is 1. The molecule has 0 saturated carbocycles. The molecule has 0 aliphatic heterocycles. The average Bonchev–Trinajstić information content (AvgIpc) is 2.45. The molecule has 0 radical (unpaired) electrons. The Bertz CT molecular complexity index is 599. The van der Waals surface area contributed by atoms with E-state index in [-0.39, 0.29) is 17.3 Å². The maximum absolute atomic E-state index is 13.3. The second kappa shape index (κ2) is 6.70. The zero-order valence-electron chi connectivity index (χ0n) is 11.2. The van der Waals surface area contributed by atoms with Crippen LogP contribution in [0.25, 0.3) is 0 Å². The first kappa shape index (κ1) is 14.1. The Morgan fingerprint density at radius 2 is 1.85 bits per heavy atom. The van der Waals surface area contributed by atoms with Crippen molar-refractivity contribution in [3.05, 3.63) is 59.9 Å². The Labute approximate surface area is 117 Å². The Morgan fingerprint density at radius 1 is 1.15 bits per heavy atom. The summed E-state index contributed by atoms with van der Waals surface area (Å²) < 4.78 is 18.7. The molecule has 0 bridgehead atoms. The number of carbonyl (C=O) groups excluding carboxylic acids is 1. The monoisotopic (exact) mass is 273 g/mol. The third-order valence-corrected chi connectivity index (χ3v) is 2.82. The fourth-order valence-electron chi connectivity index (χ4n) is 1.85. The lowest BCUT2D eigenvalue weighted by molar-refractivity contribution is 0.101. The number of benzene rings is 2. The molecule has 0 spiro atoms. The molecule has 2 rings (SSSR count). The number of ketones is 1. The minimum absolute atomic E-state index is 0.00289. The van der Waals surface area contributed by atoms with Crippen LogP contribution >= 0.6 is 0 Å². The van der Waals surface area contributed by atoms with Gasteiger partial charge in [-0.15, -0.1) is 0 Å². The highest BCUT2D eigenvalue weighted by molar-refractivity contribution is 5.99. The maximum Gasteiger partial charge on any atom is 0.165 e. The highest BCUT2D eigenvalue weighted by Crippen LogP contribution is 2.16. The molecule has 0 amide bonds. The number of nitrogens with one attached hydrogen (secondary N) is 1. The van der Waals surface area contributed by atoms with E-state index in [9.17, 15) is 9.18 Å². The maximum atomic E-state index is 13.3. The van der Waals surface area contributed by atoms with Crippen LogP contribution in [0.2, 0.25) is 0 Å². The number of hydrogen-bond acceptors (Lipinski definition) is 3. The van der Waals surface area contributed by atoms with E-state index in [0.29, 0.717) is 18.7 Å². The Kier molecular flexibility index (Phi) is 4.71. The van der Waals surface area contributed by atoms with Crippen molar-refractivity contribution in [3.63, 3.8) is 0 Å². The minimum atomic E-state index is -0.378. The number of para-hydroxylation sites is 2. The van der Waals surface area contributed by atoms with Crippen LogP contribution in [0.1, 0.15) is 17.3 Å². The van der Waals surface area contributed by atoms with E-state index in [4.69, 9.17) is 4.74 Å². The topological polar surface area (TPSA) is 38.3 Å². The largest absolute Gasteiger partial charge is 0.489 e. The average molecular weight is 273 g/mol. The van der Waals surface area contributed by atoms with Gasteiger partial charge in [-0.2, -0.15) is 0 Å². The molecule has 2 aromatic carbocycles. The van der Waals surface area contributed by atoms with E-state index in [0.717, 1.165) is 5.69 Å². The van der Waals surface area contributed by atoms with Gasteiger partial charge in [0.1, 0.15) is 6.61 Å². The lowest BCUT2D eigenvalue weighted by Crippen LogP contribution is -2.13. The summed E-state index contributed by atoms with van der Waals surface area (Å²) in [6.07, 6.45) is 0. The number of rotatable bonds is 6. The van der Waals surface area contributed by atoms with E-state index in [2.05, 4.69) is 5.32 Å². The molecule has 4 heteroatoms. The van der Waals surface area contributed by atoms with Gasteiger partial charge in [-0.3, -0.25) is 4.79 Å². The van der Waals surface area contributed by atoms with Crippen LogP contribution in [0.4, 0.5) is 10.1 Å². The van der Waals surface area contributed by atoms with Gasteiger partial charge in [0.2, 0.25) is 0 Å². The van der Waals surface area contributed by atoms with E-state index in [1.807, 2.05) is 18.2 Å². The van der Waals surface area contributed by atoms with Crippen molar-refractivity contribution in [1.82, 2.24) is 0 Å². The first-order valence-corrected chi connectivity index (χ1v) is 6.39. The fraction of sp³-hybridized carbons (Fsp3) is 0.188. The quantitative estimate of drug-likeness (QED) is 0.646. The van der Waals surface area contributed by atoms with Crippen molar-refractivity contribution < 1.29 is 13.9 Å². The fourth-order valence-corrected chi connectivity index (χ4v) is 1.85. The molecule has 0 unspecified atom stereocenters. The van der Waals surface area contributed by atoms with Crippen LogP contribution in [-0.2, 0) is 0 Å². The predicted molar refractivity (Wildman–Crippen MR) is 76.8 cm³/mol. The Hall–Kier alpha value is -2.36. The molecule has 0 heterocycles. The van der Waals surface area contributed by atoms with Gasteiger partial charge < -0.3 is 10.1 Å². The number of hydrogen-bond donors (Lipinski definition) is 1. The summed E-state index contributed by atoms with van der Waals surface area (Å²) in [6, 6.07) is 13.5. The van der Waals surface area contributed by atoms with Crippen LogP contribution in [0.15, 0.2) is 48.5 Å². The number of Topliss-reactive ketones (excluding diaryl/α,β-unsaturated/α-hetero) is 1. The van der Waals surface area contributed by atoms with E-state index < -0.39 is 0 Å². The van der Waals surface area contributed by atoms with Crippen molar-refractivity contribution in [2.24, 2.45) is 0 Å². The molecule has 0 aromatic heterocycles. The van der Waals surface area contributed by atoms with Gasteiger partial charge in [-0.25, -0.2) is 4.39 Å². The summed E-state index contributed by atoms with van der Waals surface area (Å²) in [4.78, 5) is 11.4. The molecule has 0 atom stereocenters. The SMILES string of the molecule is CC(=O)c1ccccc1NCCOc1ccccc1F. The first-order valence-electron chi connectivity index (χ1n) is 6.39. The van der Waals surface area contributed by atoms with Crippen LogP contribution in [0.3, 0.4) is 0 Å². The second-order valence-corrected chi connectivity index (χ2v) is 4.31. The zero-order valence-corrected chi connectivity index (χ0v) is 11.2. The molecular weight excluding hydrogens is 257 g/mol. The van der Waals surface area contributed by atoms with Crippen molar-refractivity contribution in [2.75, 3.05) is 18.5 Å². The van der Waals surface area contributed by atoms with Crippen LogP contribution in [0.5, 0.6) is 5.75 Å². The summed E-state index contributed by atoms with van der Waals surface area (Å²) >= 11 is 0. The van der Waals surface area contributed by atoms with Crippen molar-refractivity contribution in [1.29, 1.82) is 0 Å². The molecule has 20 heavy (non-hydrogen) atoms. The van der Waals surface area contributed by atoms with Crippen LogP contribution in [0, 0.1) is 5.82 Å².